The van der Waals surface area contributed by atoms with Crippen molar-refractivity contribution in [2.45, 2.75) is 33.6 Å². The van der Waals surface area contributed by atoms with Crippen molar-refractivity contribution in [2.75, 3.05) is 18.9 Å². The first-order chi connectivity index (χ1) is 9.80. The molecule has 2 amide bonds. The molecule has 0 radical (unpaired) electrons. The minimum atomic E-state index is -1.14. The van der Waals surface area contributed by atoms with Gasteiger partial charge in [0.2, 0.25) is 11.8 Å². The summed E-state index contributed by atoms with van der Waals surface area (Å²) in [5.74, 6) is -0.551. The number of rotatable bonds is 6. The second kappa shape index (κ2) is 7.46. The van der Waals surface area contributed by atoms with Gasteiger partial charge in [-0.3, -0.25) is 9.59 Å². The summed E-state index contributed by atoms with van der Waals surface area (Å²) in [5.41, 5.74) is -0.622. The second-order valence-corrected chi connectivity index (χ2v) is 6.05. The number of hydrogen-bond acceptors (Lipinski definition) is 2. The monoisotopic (exact) mass is 310 g/mol. The van der Waals surface area contributed by atoms with E-state index in [9.17, 15) is 9.59 Å². The number of unbranched alkanes of at least 4 members (excludes halogenated alkanes) is 1. The number of hydrogen-bond donors (Lipinski definition) is 1. The lowest BCUT2D eigenvalue weighted by molar-refractivity contribution is -0.145. The van der Waals surface area contributed by atoms with Crippen molar-refractivity contribution < 1.29 is 9.59 Å². The fraction of sp³-hybridized carbons (Fsp3) is 0.500. The predicted octanol–water partition coefficient (Wildman–Crippen LogP) is 3.56. The van der Waals surface area contributed by atoms with Gasteiger partial charge in [0.05, 0.1) is 10.7 Å². The van der Waals surface area contributed by atoms with E-state index < -0.39 is 5.41 Å². The molecule has 0 fully saturated rings. The van der Waals surface area contributed by atoms with Crippen molar-refractivity contribution in [2.24, 2.45) is 5.41 Å². The number of nitrogens with one attached hydrogen (secondary N) is 1. The van der Waals surface area contributed by atoms with Gasteiger partial charge in [0.15, 0.2) is 0 Å². The van der Waals surface area contributed by atoms with E-state index in [2.05, 4.69) is 12.2 Å². The predicted molar refractivity (Wildman–Crippen MR) is 86.4 cm³/mol. The maximum Gasteiger partial charge on any atom is 0.239 e. The van der Waals surface area contributed by atoms with Crippen LogP contribution in [0.25, 0.3) is 0 Å². The van der Waals surface area contributed by atoms with Crippen molar-refractivity contribution in [3.63, 3.8) is 0 Å². The topological polar surface area (TPSA) is 49.4 Å². The fourth-order valence-corrected chi connectivity index (χ4v) is 2.10. The van der Waals surface area contributed by atoms with E-state index in [1.54, 1.807) is 50.1 Å². The van der Waals surface area contributed by atoms with Gasteiger partial charge < -0.3 is 10.2 Å². The molecule has 0 atom stereocenters. The lowest BCUT2D eigenvalue weighted by Gasteiger charge is -2.28. The average molecular weight is 311 g/mol. The SMILES string of the molecule is CCCCN(C)C(=O)C(C)(C)C(=O)Nc1ccccc1Cl. The molecule has 21 heavy (non-hydrogen) atoms. The number of halogens is 1. The lowest BCUT2D eigenvalue weighted by atomic mass is 9.90. The van der Waals surface area contributed by atoms with Crippen LogP contribution >= 0.6 is 11.6 Å². The quantitative estimate of drug-likeness (QED) is 0.817. The smallest absolute Gasteiger partial charge is 0.239 e. The summed E-state index contributed by atoms with van der Waals surface area (Å²) in [6.45, 7) is 5.97. The molecule has 0 aliphatic carbocycles. The number of carbonyl (C=O) groups is 2. The summed E-state index contributed by atoms with van der Waals surface area (Å²) >= 11 is 6.02. The van der Waals surface area contributed by atoms with Crippen LogP contribution in [0, 0.1) is 5.41 Å². The number of benzene rings is 1. The van der Waals surface area contributed by atoms with Crippen molar-refractivity contribution in [3.8, 4) is 0 Å². The van der Waals surface area contributed by atoms with E-state index in [0.717, 1.165) is 12.8 Å². The van der Waals surface area contributed by atoms with Crippen LogP contribution in [0.1, 0.15) is 33.6 Å². The van der Waals surface area contributed by atoms with E-state index in [1.807, 2.05) is 0 Å². The summed E-state index contributed by atoms with van der Waals surface area (Å²) in [6, 6.07) is 6.97. The van der Waals surface area contributed by atoms with Crippen molar-refractivity contribution >= 4 is 29.1 Å². The fourth-order valence-electron chi connectivity index (χ4n) is 1.91. The van der Waals surface area contributed by atoms with E-state index in [0.29, 0.717) is 17.3 Å². The van der Waals surface area contributed by atoms with Crippen molar-refractivity contribution in [1.82, 2.24) is 4.90 Å². The van der Waals surface area contributed by atoms with Crippen molar-refractivity contribution in [1.29, 1.82) is 0 Å². The highest BCUT2D eigenvalue weighted by atomic mass is 35.5. The normalized spacial score (nSPS) is 11.1. The van der Waals surface area contributed by atoms with E-state index in [4.69, 9.17) is 11.6 Å². The van der Waals surface area contributed by atoms with Crippen LogP contribution in [0.4, 0.5) is 5.69 Å². The Morgan fingerprint density at radius 1 is 1.29 bits per heavy atom. The first-order valence-electron chi connectivity index (χ1n) is 7.12. The standard InChI is InChI=1S/C16H23ClN2O2/c1-5-6-11-19(4)15(21)16(2,3)14(20)18-13-10-8-7-9-12(13)17/h7-10H,5-6,11H2,1-4H3,(H,18,20). The summed E-state index contributed by atoms with van der Waals surface area (Å²) in [5, 5.41) is 3.18. The third kappa shape index (κ3) is 4.46. The first-order valence-corrected chi connectivity index (χ1v) is 7.50. The van der Waals surface area contributed by atoms with Crippen LogP contribution in [0.5, 0.6) is 0 Å². The Morgan fingerprint density at radius 2 is 1.90 bits per heavy atom. The Morgan fingerprint density at radius 3 is 2.48 bits per heavy atom. The molecule has 5 heteroatoms. The molecule has 0 aliphatic heterocycles. The van der Waals surface area contributed by atoms with Gasteiger partial charge >= 0.3 is 0 Å². The van der Waals surface area contributed by atoms with Crippen molar-refractivity contribution in [3.05, 3.63) is 29.3 Å². The van der Waals surface area contributed by atoms with Gasteiger partial charge in [0.1, 0.15) is 5.41 Å². The molecule has 1 rings (SSSR count). The molecule has 0 heterocycles. The molecule has 0 saturated carbocycles. The van der Waals surface area contributed by atoms with Crippen LogP contribution in [-0.2, 0) is 9.59 Å². The summed E-state index contributed by atoms with van der Waals surface area (Å²) in [4.78, 5) is 26.4. The molecule has 0 saturated heterocycles. The van der Waals surface area contributed by atoms with Crippen LogP contribution in [0.15, 0.2) is 24.3 Å². The Labute approximate surface area is 131 Å². The van der Waals surface area contributed by atoms with Gasteiger partial charge in [-0.15, -0.1) is 0 Å². The highest BCUT2D eigenvalue weighted by Gasteiger charge is 2.38. The summed E-state index contributed by atoms with van der Waals surface area (Å²) in [7, 11) is 1.72. The highest BCUT2D eigenvalue weighted by molar-refractivity contribution is 6.33. The lowest BCUT2D eigenvalue weighted by Crippen LogP contribution is -2.46. The zero-order valence-electron chi connectivity index (χ0n) is 13.1. The van der Waals surface area contributed by atoms with Crippen LogP contribution in [0.3, 0.4) is 0 Å². The number of anilines is 1. The Kier molecular flexibility index (Phi) is 6.21. The molecule has 0 aliphatic rings. The minimum Gasteiger partial charge on any atom is -0.345 e. The molecule has 0 unspecified atom stereocenters. The number of carbonyl (C=O) groups excluding carboxylic acids is 2. The number of para-hydroxylation sites is 1. The molecular weight excluding hydrogens is 288 g/mol. The summed E-state index contributed by atoms with van der Waals surface area (Å²) in [6.07, 6.45) is 1.92. The molecule has 1 N–H and O–H groups in total. The zero-order chi connectivity index (χ0) is 16.0. The summed E-state index contributed by atoms with van der Waals surface area (Å²) < 4.78 is 0. The number of nitrogens with zero attached hydrogens (tertiary/aromatic N) is 1. The highest BCUT2D eigenvalue weighted by Crippen LogP contribution is 2.25. The van der Waals surface area contributed by atoms with Gasteiger partial charge in [-0.05, 0) is 32.4 Å². The Balaban J connectivity index is 2.79. The maximum atomic E-state index is 12.4. The molecule has 1 aromatic carbocycles. The van der Waals surface area contributed by atoms with E-state index in [1.165, 1.54) is 0 Å². The molecule has 1 aromatic rings. The largest absolute Gasteiger partial charge is 0.345 e. The van der Waals surface area contributed by atoms with Gasteiger partial charge in [0, 0.05) is 13.6 Å². The molecule has 4 nitrogen and oxygen atoms in total. The Hall–Kier alpha value is -1.55. The Bertz CT molecular complexity index is 515. The van der Waals surface area contributed by atoms with Gasteiger partial charge in [-0.2, -0.15) is 0 Å². The third-order valence-corrected chi connectivity index (χ3v) is 3.75. The molecule has 0 spiro atoms. The van der Waals surface area contributed by atoms with Gasteiger partial charge in [-0.25, -0.2) is 0 Å². The average Bonchev–Trinajstić information content (AvgIpc) is 2.46. The molecule has 116 valence electrons. The van der Waals surface area contributed by atoms with Crippen LogP contribution in [-0.4, -0.2) is 30.3 Å². The van der Waals surface area contributed by atoms with Crippen LogP contribution in [0.2, 0.25) is 5.02 Å². The third-order valence-electron chi connectivity index (χ3n) is 3.42. The first kappa shape index (κ1) is 17.5. The number of amides is 2. The zero-order valence-corrected chi connectivity index (χ0v) is 13.8. The second-order valence-electron chi connectivity index (χ2n) is 5.64. The van der Waals surface area contributed by atoms with Gasteiger partial charge in [-0.1, -0.05) is 37.1 Å². The molecule has 0 aromatic heterocycles. The van der Waals surface area contributed by atoms with E-state index >= 15 is 0 Å². The van der Waals surface area contributed by atoms with Crippen LogP contribution < -0.4 is 5.32 Å². The van der Waals surface area contributed by atoms with E-state index in [-0.39, 0.29) is 11.8 Å². The molecular formula is C16H23ClN2O2. The maximum absolute atomic E-state index is 12.4. The molecule has 0 bridgehead atoms. The minimum absolute atomic E-state index is 0.194. The van der Waals surface area contributed by atoms with Gasteiger partial charge in [0.25, 0.3) is 0 Å².